The van der Waals surface area contributed by atoms with E-state index < -0.39 is 0 Å². The van der Waals surface area contributed by atoms with Crippen LogP contribution >= 0.6 is 0 Å². The standard InChI is InChI=1S/C17H22N4O2/c1-12-9-18-19-15(12)8-13-4-3-7-21(10-13)17(23)14-5-6-16(22)20(2)11-14/h5-6,9,11,13H,3-4,7-8,10H2,1-2H3,(H,18,19)/t13-/m1/s1. The van der Waals surface area contributed by atoms with Crippen LogP contribution in [-0.2, 0) is 13.5 Å². The minimum absolute atomic E-state index is 0.00614. The number of piperidine rings is 1. The Labute approximate surface area is 135 Å². The Hall–Kier alpha value is -2.37. The monoisotopic (exact) mass is 314 g/mol. The summed E-state index contributed by atoms with van der Waals surface area (Å²) in [5, 5.41) is 7.12. The van der Waals surface area contributed by atoms with Gasteiger partial charge in [-0.1, -0.05) is 0 Å². The number of aromatic nitrogens is 3. The molecule has 1 aliphatic heterocycles. The summed E-state index contributed by atoms with van der Waals surface area (Å²) in [7, 11) is 1.67. The van der Waals surface area contributed by atoms with Gasteiger partial charge in [0.15, 0.2) is 0 Å². The fourth-order valence-corrected chi connectivity index (χ4v) is 3.19. The minimum Gasteiger partial charge on any atom is -0.338 e. The van der Waals surface area contributed by atoms with Crippen molar-refractivity contribution in [2.75, 3.05) is 13.1 Å². The van der Waals surface area contributed by atoms with E-state index in [4.69, 9.17) is 0 Å². The van der Waals surface area contributed by atoms with Crippen LogP contribution in [0.15, 0.2) is 29.3 Å². The number of nitrogens with one attached hydrogen (secondary N) is 1. The smallest absolute Gasteiger partial charge is 0.255 e. The number of rotatable bonds is 3. The minimum atomic E-state index is -0.104. The summed E-state index contributed by atoms with van der Waals surface area (Å²) in [5.74, 6) is 0.450. The molecule has 2 aromatic heterocycles. The van der Waals surface area contributed by atoms with Crippen molar-refractivity contribution in [3.05, 3.63) is 51.7 Å². The molecular formula is C17H22N4O2. The molecule has 1 fully saturated rings. The lowest BCUT2D eigenvalue weighted by Crippen LogP contribution is -2.41. The Morgan fingerprint density at radius 1 is 1.43 bits per heavy atom. The fraction of sp³-hybridized carbons (Fsp3) is 0.471. The van der Waals surface area contributed by atoms with E-state index in [1.54, 1.807) is 19.3 Å². The Bertz CT molecular complexity index is 762. The lowest BCUT2D eigenvalue weighted by atomic mass is 9.92. The second-order valence-corrected chi connectivity index (χ2v) is 6.36. The molecule has 1 amide bonds. The van der Waals surface area contributed by atoms with Crippen molar-refractivity contribution in [3.63, 3.8) is 0 Å². The van der Waals surface area contributed by atoms with E-state index >= 15 is 0 Å². The lowest BCUT2D eigenvalue weighted by Gasteiger charge is -2.32. The summed E-state index contributed by atoms with van der Waals surface area (Å²) >= 11 is 0. The van der Waals surface area contributed by atoms with E-state index in [9.17, 15) is 9.59 Å². The van der Waals surface area contributed by atoms with Gasteiger partial charge in [-0.15, -0.1) is 0 Å². The highest BCUT2D eigenvalue weighted by molar-refractivity contribution is 5.94. The molecule has 0 radical (unpaired) electrons. The van der Waals surface area contributed by atoms with E-state index in [0.717, 1.165) is 38.0 Å². The number of nitrogens with zero attached hydrogens (tertiary/aromatic N) is 3. The van der Waals surface area contributed by atoms with Crippen LogP contribution in [0.2, 0.25) is 0 Å². The van der Waals surface area contributed by atoms with Gasteiger partial charge in [0.2, 0.25) is 5.56 Å². The van der Waals surface area contributed by atoms with E-state index in [0.29, 0.717) is 11.5 Å². The fourth-order valence-electron chi connectivity index (χ4n) is 3.19. The van der Waals surface area contributed by atoms with E-state index in [2.05, 4.69) is 17.1 Å². The van der Waals surface area contributed by atoms with Crippen molar-refractivity contribution in [1.82, 2.24) is 19.7 Å². The number of hydrogen-bond acceptors (Lipinski definition) is 3. The van der Waals surface area contributed by atoms with Gasteiger partial charge < -0.3 is 9.47 Å². The Morgan fingerprint density at radius 2 is 2.26 bits per heavy atom. The molecular weight excluding hydrogens is 292 g/mol. The third-order valence-corrected chi connectivity index (χ3v) is 4.57. The molecule has 1 aliphatic rings. The second-order valence-electron chi connectivity index (χ2n) is 6.36. The Morgan fingerprint density at radius 3 is 2.96 bits per heavy atom. The second kappa shape index (κ2) is 6.40. The molecule has 1 N–H and O–H groups in total. The molecule has 3 heterocycles. The first-order valence-electron chi connectivity index (χ1n) is 7.99. The van der Waals surface area contributed by atoms with Crippen LogP contribution in [-0.4, -0.2) is 38.7 Å². The molecule has 0 saturated carbocycles. The van der Waals surface area contributed by atoms with Crippen molar-refractivity contribution in [3.8, 4) is 0 Å². The largest absolute Gasteiger partial charge is 0.338 e. The van der Waals surface area contributed by atoms with Crippen molar-refractivity contribution < 1.29 is 4.79 Å². The van der Waals surface area contributed by atoms with Crippen LogP contribution in [0.3, 0.4) is 0 Å². The highest BCUT2D eigenvalue weighted by atomic mass is 16.2. The summed E-state index contributed by atoms with van der Waals surface area (Å²) < 4.78 is 1.45. The molecule has 6 nitrogen and oxygen atoms in total. The summed E-state index contributed by atoms with van der Waals surface area (Å²) in [6.45, 7) is 3.58. The molecule has 6 heteroatoms. The zero-order valence-electron chi connectivity index (χ0n) is 13.6. The van der Waals surface area contributed by atoms with Gasteiger partial charge in [0.1, 0.15) is 0 Å². The average molecular weight is 314 g/mol. The summed E-state index contributed by atoms with van der Waals surface area (Å²) in [4.78, 5) is 26.0. The third kappa shape index (κ3) is 3.36. The number of aryl methyl sites for hydroxylation is 2. The molecule has 0 aromatic carbocycles. The number of carbonyl (C=O) groups is 1. The quantitative estimate of drug-likeness (QED) is 0.933. The predicted molar refractivity (Wildman–Crippen MR) is 87.3 cm³/mol. The number of hydrogen-bond donors (Lipinski definition) is 1. The van der Waals surface area contributed by atoms with Crippen LogP contribution < -0.4 is 5.56 Å². The normalized spacial score (nSPS) is 18.2. The highest BCUT2D eigenvalue weighted by Gasteiger charge is 2.25. The van der Waals surface area contributed by atoms with Gasteiger partial charge >= 0.3 is 0 Å². The maximum Gasteiger partial charge on any atom is 0.255 e. The van der Waals surface area contributed by atoms with E-state index in [-0.39, 0.29) is 11.5 Å². The molecule has 1 saturated heterocycles. The first-order chi connectivity index (χ1) is 11.0. The topological polar surface area (TPSA) is 71.0 Å². The molecule has 0 bridgehead atoms. The molecule has 122 valence electrons. The molecule has 2 aromatic rings. The van der Waals surface area contributed by atoms with Gasteiger partial charge in [-0.3, -0.25) is 14.7 Å². The highest BCUT2D eigenvalue weighted by Crippen LogP contribution is 2.22. The summed E-state index contributed by atoms with van der Waals surface area (Å²) in [5.41, 5.74) is 2.80. The first kappa shape index (κ1) is 15.5. The number of amides is 1. The van der Waals surface area contributed by atoms with Crippen LogP contribution in [0, 0.1) is 12.8 Å². The Balaban J connectivity index is 1.70. The van der Waals surface area contributed by atoms with Gasteiger partial charge in [-0.25, -0.2) is 0 Å². The van der Waals surface area contributed by atoms with Crippen LogP contribution in [0.25, 0.3) is 0 Å². The zero-order valence-corrected chi connectivity index (χ0v) is 13.6. The van der Waals surface area contributed by atoms with Gasteiger partial charge in [0.05, 0.1) is 11.8 Å². The van der Waals surface area contributed by atoms with Crippen molar-refractivity contribution >= 4 is 5.91 Å². The van der Waals surface area contributed by atoms with Crippen LogP contribution in [0.5, 0.6) is 0 Å². The number of pyridine rings is 1. The number of likely N-dealkylation sites (tertiary alicyclic amines) is 1. The lowest BCUT2D eigenvalue weighted by molar-refractivity contribution is 0.0672. The Kier molecular flexibility index (Phi) is 4.32. The van der Waals surface area contributed by atoms with Crippen molar-refractivity contribution in [2.45, 2.75) is 26.2 Å². The molecule has 23 heavy (non-hydrogen) atoms. The van der Waals surface area contributed by atoms with Gasteiger partial charge in [0, 0.05) is 38.1 Å². The summed E-state index contributed by atoms with van der Waals surface area (Å²) in [6, 6.07) is 3.07. The number of carbonyl (C=O) groups excluding carboxylic acids is 1. The number of aromatic amines is 1. The molecule has 3 rings (SSSR count). The number of H-pyrrole nitrogens is 1. The molecule has 1 atom stereocenters. The van der Waals surface area contributed by atoms with Gasteiger partial charge in [-0.2, -0.15) is 5.10 Å². The van der Waals surface area contributed by atoms with Crippen LogP contribution in [0.4, 0.5) is 0 Å². The van der Waals surface area contributed by atoms with Gasteiger partial charge in [-0.05, 0) is 43.7 Å². The summed E-state index contributed by atoms with van der Waals surface area (Å²) in [6.07, 6.45) is 6.51. The van der Waals surface area contributed by atoms with Gasteiger partial charge in [0.25, 0.3) is 5.91 Å². The van der Waals surface area contributed by atoms with Crippen molar-refractivity contribution in [2.24, 2.45) is 13.0 Å². The van der Waals surface area contributed by atoms with E-state index in [1.165, 1.54) is 16.2 Å². The molecule has 0 unspecified atom stereocenters. The third-order valence-electron chi connectivity index (χ3n) is 4.57. The van der Waals surface area contributed by atoms with Crippen LogP contribution in [0.1, 0.15) is 34.5 Å². The van der Waals surface area contributed by atoms with Crippen molar-refractivity contribution in [1.29, 1.82) is 0 Å². The van der Waals surface area contributed by atoms with E-state index in [1.807, 2.05) is 11.1 Å². The molecule has 0 aliphatic carbocycles. The first-order valence-corrected chi connectivity index (χ1v) is 7.99. The maximum atomic E-state index is 12.7. The average Bonchev–Trinajstić information content (AvgIpc) is 2.95. The molecule has 0 spiro atoms. The SMILES string of the molecule is Cc1cn[nH]c1C[C@H]1CCCN(C(=O)c2ccc(=O)n(C)c2)C1. The predicted octanol–water partition coefficient (Wildman–Crippen LogP) is 1.51. The zero-order chi connectivity index (χ0) is 16.4. The maximum absolute atomic E-state index is 12.7.